The maximum Gasteiger partial charge on any atom is 0.303 e. The average Bonchev–Trinajstić information content (AvgIpc) is 2.34. The second-order valence-corrected chi connectivity index (χ2v) is 5.58. The van der Waals surface area contributed by atoms with Crippen LogP contribution < -0.4 is 4.74 Å². The highest BCUT2D eigenvalue weighted by Gasteiger charge is 2.29. The molecule has 0 heterocycles. The molecule has 0 bridgehead atoms. The summed E-state index contributed by atoms with van der Waals surface area (Å²) in [5, 5.41) is 8.94. The number of hydrogen-bond acceptors (Lipinski definition) is 2. The van der Waals surface area contributed by atoms with Gasteiger partial charge in [0.2, 0.25) is 0 Å². The van der Waals surface area contributed by atoms with Gasteiger partial charge in [0.1, 0.15) is 11.9 Å². The monoisotopic (exact) mass is 312 g/mol. The first-order chi connectivity index (χ1) is 8.66. The molecule has 4 heteroatoms. The first kappa shape index (κ1) is 13.4. The van der Waals surface area contributed by atoms with Gasteiger partial charge in [-0.25, -0.2) is 0 Å². The van der Waals surface area contributed by atoms with Gasteiger partial charge in [-0.3, -0.25) is 4.79 Å². The highest BCUT2D eigenvalue weighted by molar-refractivity contribution is 9.10. The zero-order chi connectivity index (χ0) is 13.0. The normalized spacial score (nSPS) is 23.6. The molecule has 0 saturated heterocycles. The van der Waals surface area contributed by atoms with E-state index >= 15 is 0 Å². The molecule has 0 aliphatic heterocycles. The average molecular weight is 313 g/mol. The molecule has 1 aliphatic rings. The summed E-state index contributed by atoms with van der Waals surface area (Å²) >= 11 is 3.45. The number of halogens is 1. The van der Waals surface area contributed by atoms with Crippen LogP contribution in [0.15, 0.2) is 28.7 Å². The number of aliphatic carboxylic acids is 1. The number of carbonyl (C=O) groups is 1. The minimum atomic E-state index is -0.734. The third-order valence-electron chi connectivity index (χ3n) is 3.39. The molecule has 1 aromatic rings. The van der Waals surface area contributed by atoms with E-state index < -0.39 is 5.97 Å². The molecule has 2 rings (SSSR count). The van der Waals surface area contributed by atoms with Gasteiger partial charge in [-0.05, 0) is 47.3 Å². The Bertz CT molecular complexity index is 419. The Labute approximate surface area is 115 Å². The fourth-order valence-electron chi connectivity index (χ4n) is 2.49. The molecule has 0 amide bonds. The zero-order valence-corrected chi connectivity index (χ0v) is 11.7. The summed E-state index contributed by atoms with van der Waals surface area (Å²) in [6, 6.07) is 7.71. The Kier molecular flexibility index (Phi) is 4.64. The van der Waals surface area contributed by atoms with E-state index in [1.165, 1.54) is 0 Å². The number of carboxylic acids is 1. The molecule has 0 aromatic heterocycles. The van der Waals surface area contributed by atoms with Crippen LogP contribution in [0, 0.1) is 5.92 Å². The number of carboxylic acid groups (broad SMARTS) is 1. The third-order valence-corrected chi connectivity index (χ3v) is 4.05. The summed E-state index contributed by atoms with van der Waals surface area (Å²) in [5.74, 6) is 0.200. The van der Waals surface area contributed by atoms with Crippen molar-refractivity contribution in [3.8, 4) is 5.75 Å². The van der Waals surface area contributed by atoms with Gasteiger partial charge >= 0.3 is 5.97 Å². The largest absolute Gasteiger partial charge is 0.489 e. The minimum Gasteiger partial charge on any atom is -0.489 e. The zero-order valence-electron chi connectivity index (χ0n) is 10.1. The lowest BCUT2D eigenvalue weighted by Gasteiger charge is -2.31. The molecule has 1 aromatic carbocycles. The van der Waals surface area contributed by atoms with E-state index in [1.54, 1.807) is 0 Å². The van der Waals surface area contributed by atoms with Crippen LogP contribution in [0.4, 0.5) is 0 Å². The molecule has 18 heavy (non-hydrogen) atoms. The van der Waals surface area contributed by atoms with Gasteiger partial charge in [0, 0.05) is 5.92 Å². The molecule has 0 spiro atoms. The van der Waals surface area contributed by atoms with Crippen LogP contribution in [0.25, 0.3) is 0 Å². The van der Waals surface area contributed by atoms with Crippen LogP contribution in [0.2, 0.25) is 0 Å². The topological polar surface area (TPSA) is 46.5 Å². The van der Waals surface area contributed by atoms with Gasteiger partial charge in [0.05, 0.1) is 10.9 Å². The van der Waals surface area contributed by atoms with E-state index in [0.29, 0.717) is 0 Å². The van der Waals surface area contributed by atoms with Crippen molar-refractivity contribution in [3.63, 3.8) is 0 Å². The van der Waals surface area contributed by atoms with Crippen molar-refractivity contribution in [1.29, 1.82) is 0 Å². The van der Waals surface area contributed by atoms with Crippen LogP contribution in [0.1, 0.15) is 32.1 Å². The second kappa shape index (κ2) is 6.23. The van der Waals surface area contributed by atoms with Crippen LogP contribution >= 0.6 is 15.9 Å². The highest BCUT2D eigenvalue weighted by atomic mass is 79.9. The van der Waals surface area contributed by atoms with Gasteiger partial charge < -0.3 is 9.84 Å². The van der Waals surface area contributed by atoms with E-state index in [9.17, 15) is 4.79 Å². The summed E-state index contributed by atoms with van der Waals surface area (Å²) in [4.78, 5) is 10.9. The maximum absolute atomic E-state index is 10.9. The Morgan fingerprint density at radius 2 is 2.06 bits per heavy atom. The van der Waals surface area contributed by atoms with Crippen molar-refractivity contribution in [1.82, 2.24) is 0 Å². The van der Waals surface area contributed by atoms with E-state index in [0.717, 1.165) is 35.9 Å². The van der Waals surface area contributed by atoms with Gasteiger partial charge in [-0.1, -0.05) is 18.6 Å². The molecule has 98 valence electrons. The predicted molar refractivity (Wildman–Crippen MR) is 72.8 cm³/mol. The van der Waals surface area contributed by atoms with Crippen molar-refractivity contribution in [3.05, 3.63) is 28.7 Å². The predicted octanol–water partition coefficient (Wildman–Crippen LogP) is 3.86. The first-order valence-electron chi connectivity index (χ1n) is 6.30. The quantitative estimate of drug-likeness (QED) is 0.918. The number of benzene rings is 1. The van der Waals surface area contributed by atoms with Crippen molar-refractivity contribution in [2.24, 2.45) is 5.92 Å². The number of para-hydroxylation sites is 1. The molecule has 2 atom stereocenters. The maximum atomic E-state index is 10.9. The fourth-order valence-corrected chi connectivity index (χ4v) is 2.87. The van der Waals surface area contributed by atoms with Gasteiger partial charge in [0.25, 0.3) is 0 Å². The number of ether oxygens (including phenoxy) is 1. The lowest BCUT2D eigenvalue weighted by molar-refractivity contribution is -0.139. The number of rotatable bonds is 4. The minimum absolute atomic E-state index is 0.0218. The van der Waals surface area contributed by atoms with Crippen molar-refractivity contribution in [2.75, 3.05) is 0 Å². The van der Waals surface area contributed by atoms with Crippen molar-refractivity contribution >= 4 is 21.9 Å². The second-order valence-electron chi connectivity index (χ2n) is 4.73. The number of hydrogen-bond donors (Lipinski definition) is 1. The standard InChI is InChI=1S/C14H17BrO3/c15-11-6-2-4-8-13(11)18-12-7-3-1-5-10(12)9-14(16)17/h2,4,6,8,10,12H,1,3,5,7,9H2,(H,16,17). The van der Waals surface area contributed by atoms with Crippen LogP contribution in [-0.2, 0) is 4.79 Å². The van der Waals surface area contributed by atoms with Crippen molar-refractivity contribution < 1.29 is 14.6 Å². The Morgan fingerprint density at radius 3 is 2.78 bits per heavy atom. The van der Waals surface area contributed by atoms with Gasteiger partial charge in [-0.2, -0.15) is 0 Å². The lowest BCUT2D eigenvalue weighted by atomic mass is 9.84. The van der Waals surface area contributed by atoms with Crippen LogP contribution in [-0.4, -0.2) is 17.2 Å². The van der Waals surface area contributed by atoms with Crippen LogP contribution in [0.5, 0.6) is 5.75 Å². The highest BCUT2D eigenvalue weighted by Crippen LogP contribution is 2.33. The Balaban J connectivity index is 2.05. The molecular formula is C14H17BrO3. The van der Waals surface area contributed by atoms with Crippen molar-refractivity contribution in [2.45, 2.75) is 38.2 Å². The summed E-state index contributed by atoms with van der Waals surface area (Å²) in [6.07, 6.45) is 4.34. The van der Waals surface area contributed by atoms with E-state index in [4.69, 9.17) is 9.84 Å². The molecule has 0 radical (unpaired) electrons. The molecule has 1 N–H and O–H groups in total. The molecule has 1 aliphatic carbocycles. The van der Waals surface area contributed by atoms with Gasteiger partial charge in [-0.15, -0.1) is 0 Å². The fraction of sp³-hybridized carbons (Fsp3) is 0.500. The lowest BCUT2D eigenvalue weighted by Crippen LogP contribution is -2.32. The SMILES string of the molecule is O=C(O)CC1CCCCC1Oc1ccccc1Br. The molecule has 3 nitrogen and oxygen atoms in total. The van der Waals surface area contributed by atoms with Gasteiger partial charge in [0.15, 0.2) is 0 Å². The molecule has 1 saturated carbocycles. The summed E-state index contributed by atoms with van der Waals surface area (Å²) in [5.41, 5.74) is 0. The Morgan fingerprint density at radius 1 is 1.33 bits per heavy atom. The molecule has 1 fully saturated rings. The summed E-state index contributed by atoms with van der Waals surface area (Å²) < 4.78 is 6.91. The van der Waals surface area contributed by atoms with E-state index in [-0.39, 0.29) is 18.4 Å². The Hall–Kier alpha value is -1.03. The smallest absolute Gasteiger partial charge is 0.303 e. The van der Waals surface area contributed by atoms with E-state index in [1.807, 2.05) is 24.3 Å². The third kappa shape index (κ3) is 3.48. The molecule has 2 unspecified atom stereocenters. The first-order valence-corrected chi connectivity index (χ1v) is 7.09. The summed E-state index contributed by atoms with van der Waals surface area (Å²) in [6.45, 7) is 0. The van der Waals surface area contributed by atoms with Crippen LogP contribution in [0.3, 0.4) is 0 Å². The summed E-state index contributed by atoms with van der Waals surface area (Å²) in [7, 11) is 0. The molecular weight excluding hydrogens is 296 g/mol. The van der Waals surface area contributed by atoms with E-state index in [2.05, 4.69) is 15.9 Å².